The second-order valence-electron chi connectivity index (χ2n) is 4.90. The molecule has 2 aliphatic carbocycles. The molecule has 0 nitrogen and oxygen atoms in total. The summed E-state index contributed by atoms with van der Waals surface area (Å²) in [5.41, 5.74) is 5.40. The van der Waals surface area contributed by atoms with Crippen LogP contribution < -0.4 is 24.8 Å². The molecule has 90 valence electrons. The van der Waals surface area contributed by atoms with Crippen LogP contribution >= 0.6 is 0 Å². The van der Waals surface area contributed by atoms with Crippen molar-refractivity contribution >= 4 is 5.92 Å². The maximum atomic E-state index is 2.56. The maximum absolute atomic E-state index is 2.56. The van der Waals surface area contributed by atoms with E-state index in [1.165, 1.54) is 25.7 Å². The molecule has 0 radical (unpaired) electrons. The van der Waals surface area contributed by atoms with Gasteiger partial charge in [0.05, 0.1) is 0 Å². The van der Waals surface area contributed by atoms with E-state index in [2.05, 4.69) is 26.1 Å². The molecule has 0 aromatic heterocycles. The number of rotatable bonds is 2. The molecule has 0 saturated carbocycles. The molecule has 16 heavy (non-hydrogen) atoms. The molecular weight excluding hydrogens is 334 g/mol. The first kappa shape index (κ1) is 17.2. The molecule has 1 unspecified atom stereocenters. The van der Waals surface area contributed by atoms with Gasteiger partial charge in [-0.15, -0.1) is 0 Å². The average Bonchev–Trinajstić information content (AvgIpc) is 2.43. The topological polar surface area (TPSA) is 0 Å². The van der Waals surface area contributed by atoms with Crippen LogP contribution in [-0.4, -0.2) is 5.92 Å². The van der Waals surface area contributed by atoms with E-state index < -0.39 is 0 Å². The number of hydrogen-bond acceptors (Lipinski definition) is 0. The predicted octanol–water partition coefficient (Wildman–Crippen LogP) is -2.32. The van der Waals surface area contributed by atoms with E-state index in [4.69, 9.17) is 0 Å². The third kappa shape index (κ3) is 3.83. The fourth-order valence-electron chi connectivity index (χ4n) is 2.64. The molecule has 4 heteroatoms. The monoisotopic (exact) mass is 352 g/mol. The molecule has 0 fully saturated rings. The van der Waals surface area contributed by atoms with Gasteiger partial charge in [-0.2, -0.15) is 0 Å². The SMILES string of the molecule is CC1=CC2=C(CCCC2)[CH]1[Zr+2][SiH](C)C.[Cl-].[Cl-]. The Hall–Kier alpha value is 1.16. The third-order valence-electron chi connectivity index (χ3n) is 3.26. The minimum atomic E-state index is -0.234. The normalized spacial score (nSPS) is 23.0. The van der Waals surface area contributed by atoms with Crippen molar-refractivity contribution in [3.8, 4) is 0 Å². The molecule has 0 aromatic carbocycles. The predicted molar refractivity (Wildman–Crippen MR) is 61.9 cm³/mol. The summed E-state index contributed by atoms with van der Waals surface area (Å²) in [4.78, 5) is 0. The van der Waals surface area contributed by atoms with Gasteiger partial charge in [0.1, 0.15) is 0 Å². The van der Waals surface area contributed by atoms with Crippen molar-refractivity contribution < 1.29 is 47.2 Å². The molecule has 0 aliphatic heterocycles. The van der Waals surface area contributed by atoms with Gasteiger partial charge in [-0.1, -0.05) is 0 Å². The molecule has 0 aromatic rings. The number of allylic oxidation sites excluding steroid dienone is 4. The molecule has 0 saturated heterocycles. The van der Waals surface area contributed by atoms with Crippen molar-refractivity contribution in [3.63, 3.8) is 0 Å². The van der Waals surface area contributed by atoms with Crippen LogP contribution in [0, 0.1) is 0 Å². The molecule has 2 aliphatic rings. The summed E-state index contributed by atoms with van der Waals surface area (Å²) in [5.74, 6) is -0.234. The minimum Gasteiger partial charge on any atom is -1.00 e. The first-order valence-electron chi connectivity index (χ1n) is 5.84. The van der Waals surface area contributed by atoms with Crippen LogP contribution in [0.1, 0.15) is 32.6 Å². The summed E-state index contributed by atoms with van der Waals surface area (Å²) >= 11 is -0.0644. The zero-order valence-electron chi connectivity index (χ0n) is 10.3. The van der Waals surface area contributed by atoms with Crippen molar-refractivity contribution in [2.75, 3.05) is 0 Å². The van der Waals surface area contributed by atoms with Crippen LogP contribution in [0.3, 0.4) is 0 Å². The summed E-state index contributed by atoms with van der Waals surface area (Å²) in [6.07, 6.45) is 8.28. The van der Waals surface area contributed by atoms with Gasteiger partial charge >= 0.3 is 100 Å². The first-order chi connectivity index (χ1) is 6.68. The second kappa shape index (κ2) is 7.56. The van der Waals surface area contributed by atoms with Gasteiger partial charge in [-0.3, -0.25) is 0 Å². The fourth-order valence-corrected chi connectivity index (χ4v) is 13.1. The van der Waals surface area contributed by atoms with E-state index in [-0.39, 0.29) is 53.1 Å². The van der Waals surface area contributed by atoms with Crippen LogP contribution in [0.2, 0.25) is 16.7 Å². The zero-order valence-corrected chi connectivity index (χ0v) is 15.4. The Morgan fingerprint density at radius 1 is 1.19 bits per heavy atom. The largest absolute Gasteiger partial charge is 1.00 e. The fraction of sp³-hybridized carbons (Fsp3) is 0.667. The van der Waals surface area contributed by atoms with Crippen LogP contribution in [0.25, 0.3) is 0 Å². The maximum Gasteiger partial charge on any atom is -1.00 e. The Kier molecular flexibility index (Phi) is 8.11. The van der Waals surface area contributed by atoms with Gasteiger partial charge in [-0.25, -0.2) is 0 Å². The van der Waals surface area contributed by atoms with Crippen molar-refractivity contribution in [2.45, 2.75) is 49.3 Å². The second-order valence-corrected chi connectivity index (χ2v) is 19.9. The Morgan fingerprint density at radius 3 is 2.44 bits per heavy atom. The Balaban J connectivity index is 0.00000112. The van der Waals surface area contributed by atoms with E-state index in [0.29, 0.717) is 0 Å². The summed E-state index contributed by atoms with van der Waals surface area (Å²) in [7, 11) is 0. The van der Waals surface area contributed by atoms with Gasteiger partial charge in [-0.05, 0) is 0 Å². The standard InChI is InChI=1S/C10H13.C2H7Si.2ClH.Zr/c1-8-6-9-4-2-3-5-10(9)7-8;1-3-2;;;/h6-7H,2-5H2,1H3;3H,1-2H3;2*1H;/q;;;;+2/p-2. The van der Waals surface area contributed by atoms with Crippen LogP contribution in [0.15, 0.2) is 22.8 Å². The Bertz CT molecular complexity index is 297. The van der Waals surface area contributed by atoms with E-state index in [1.807, 2.05) is 5.57 Å². The third-order valence-corrected chi connectivity index (χ3v) is 13.6. The van der Waals surface area contributed by atoms with Crippen LogP contribution in [0.4, 0.5) is 0 Å². The van der Waals surface area contributed by atoms with Gasteiger partial charge in [0, 0.05) is 0 Å². The quantitative estimate of drug-likeness (QED) is 0.489. The van der Waals surface area contributed by atoms with E-state index in [0.717, 1.165) is 3.63 Å². The Morgan fingerprint density at radius 2 is 1.81 bits per heavy atom. The van der Waals surface area contributed by atoms with Gasteiger partial charge in [0.15, 0.2) is 0 Å². The molecule has 0 spiro atoms. The summed E-state index contributed by atoms with van der Waals surface area (Å²) in [6, 6.07) is 0. The van der Waals surface area contributed by atoms with E-state index in [9.17, 15) is 0 Å². The van der Waals surface area contributed by atoms with Gasteiger partial charge in [0.25, 0.3) is 0 Å². The molecule has 2 rings (SSSR count). The van der Waals surface area contributed by atoms with E-state index in [1.54, 1.807) is 11.1 Å². The first-order valence-corrected chi connectivity index (χ1v) is 14.4. The minimum absolute atomic E-state index is 0. The Labute approximate surface area is 124 Å². The molecule has 1 atom stereocenters. The zero-order chi connectivity index (χ0) is 10.1. The molecule has 0 heterocycles. The van der Waals surface area contributed by atoms with Gasteiger partial charge < -0.3 is 24.8 Å². The van der Waals surface area contributed by atoms with Gasteiger partial charge in [0.2, 0.25) is 0 Å². The van der Waals surface area contributed by atoms with Crippen molar-refractivity contribution in [3.05, 3.63) is 22.8 Å². The van der Waals surface area contributed by atoms with Crippen molar-refractivity contribution in [1.29, 1.82) is 0 Å². The number of hydrogen-bond donors (Lipinski definition) is 0. The summed E-state index contributed by atoms with van der Waals surface area (Å²) < 4.78 is 1.04. The summed E-state index contributed by atoms with van der Waals surface area (Å²) in [5, 5.41) is 0. The smallest absolute Gasteiger partial charge is 1.00 e. The molecule has 0 N–H and O–H groups in total. The van der Waals surface area contributed by atoms with Crippen LogP contribution in [-0.2, 0) is 22.4 Å². The molecule has 0 amide bonds. The van der Waals surface area contributed by atoms with E-state index >= 15 is 0 Å². The molecule has 0 bridgehead atoms. The summed E-state index contributed by atoms with van der Waals surface area (Å²) in [6.45, 7) is 7.50. The molecular formula is C12H20Cl2SiZr. The van der Waals surface area contributed by atoms with Crippen LogP contribution in [0.5, 0.6) is 0 Å². The average molecular weight is 355 g/mol. The van der Waals surface area contributed by atoms with Crippen molar-refractivity contribution in [1.82, 2.24) is 0 Å². The number of halogens is 2. The van der Waals surface area contributed by atoms with Crippen molar-refractivity contribution in [2.24, 2.45) is 0 Å².